The van der Waals surface area contributed by atoms with E-state index in [-0.39, 0.29) is 5.41 Å². The van der Waals surface area contributed by atoms with Crippen molar-refractivity contribution in [3.8, 4) is 22.3 Å². The standard InChI is InChI=1S/C54H39N/c1-53(2)46-26-13-28-48-51(46)52-47(53)27-14-29-49(52)54(48,39-19-4-3-5-20-39)40-21-12-22-42(35-40)55(50-30-11-18-37-16-7-9-24-45(37)50)41-33-31-38(32-34-41)44-25-10-17-36-15-6-8-23-43(36)44/h3-35H,1-2H3. The van der Waals surface area contributed by atoms with Crippen molar-refractivity contribution in [1.29, 1.82) is 0 Å². The van der Waals surface area contributed by atoms with Crippen molar-refractivity contribution in [3.63, 3.8) is 0 Å². The Balaban J connectivity index is 1.15. The Morgan fingerprint density at radius 1 is 0.382 bits per heavy atom. The zero-order valence-electron chi connectivity index (χ0n) is 31.0. The van der Waals surface area contributed by atoms with Gasteiger partial charge < -0.3 is 4.90 Å². The fourth-order valence-corrected chi connectivity index (χ4v) is 10.1. The van der Waals surface area contributed by atoms with Crippen molar-refractivity contribution in [2.45, 2.75) is 24.7 Å². The highest BCUT2D eigenvalue weighted by Gasteiger charge is 2.52. The fourth-order valence-electron chi connectivity index (χ4n) is 10.1. The molecule has 0 radical (unpaired) electrons. The van der Waals surface area contributed by atoms with Crippen LogP contribution in [0.2, 0.25) is 0 Å². The van der Waals surface area contributed by atoms with E-state index in [1.54, 1.807) is 0 Å². The summed E-state index contributed by atoms with van der Waals surface area (Å²) in [6.07, 6.45) is 0. The van der Waals surface area contributed by atoms with E-state index in [9.17, 15) is 0 Å². The van der Waals surface area contributed by atoms with Crippen LogP contribution in [0.1, 0.15) is 47.2 Å². The van der Waals surface area contributed by atoms with Crippen LogP contribution in [-0.2, 0) is 10.8 Å². The number of fused-ring (bicyclic) bond motifs is 2. The molecule has 11 rings (SSSR count). The van der Waals surface area contributed by atoms with Gasteiger partial charge in [-0.05, 0) is 102 Å². The summed E-state index contributed by atoms with van der Waals surface area (Å²) >= 11 is 0. The van der Waals surface area contributed by atoms with Crippen LogP contribution in [0, 0.1) is 0 Å². The molecule has 0 bridgehead atoms. The second-order valence-electron chi connectivity index (χ2n) is 15.7. The molecule has 1 heteroatoms. The minimum absolute atomic E-state index is 0.0508. The zero-order valence-corrected chi connectivity index (χ0v) is 31.0. The number of nitrogens with zero attached hydrogens (tertiary/aromatic N) is 1. The Morgan fingerprint density at radius 2 is 0.909 bits per heavy atom. The summed E-state index contributed by atoms with van der Waals surface area (Å²) in [4.78, 5) is 2.45. The monoisotopic (exact) mass is 701 g/mol. The lowest BCUT2D eigenvalue weighted by atomic mass is 9.66. The summed E-state index contributed by atoms with van der Waals surface area (Å²) in [6.45, 7) is 4.77. The van der Waals surface area contributed by atoms with Crippen LogP contribution in [0.3, 0.4) is 0 Å². The Kier molecular flexibility index (Phi) is 6.88. The molecule has 0 aliphatic heterocycles. The fraction of sp³-hybridized carbons (Fsp3) is 0.0741. The highest BCUT2D eigenvalue weighted by atomic mass is 15.1. The lowest BCUT2D eigenvalue weighted by Gasteiger charge is -2.37. The minimum Gasteiger partial charge on any atom is -0.310 e. The first-order valence-corrected chi connectivity index (χ1v) is 19.4. The van der Waals surface area contributed by atoms with Gasteiger partial charge in [0.2, 0.25) is 0 Å². The second kappa shape index (κ2) is 11.9. The van der Waals surface area contributed by atoms with Crippen LogP contribution in [0.5, 0.6) is 0 Å². The lowest BCUT2D eigenvalue weighted by Crippen LogP contribution is -2.30. The van der Waals surface area contributed by atoms with Gasteiger partial charge >= 0.3 is 0 Å². The van der Waals surface area contributed by atoms with Gasteiger partial charge in [0.15, 0.2) is 0 Å². The molecule has 0 unspecified atom stereocenters. The van der Waals surface area contributed by atoms with Crippen LogP contribution in [-0.4, -0.2) is 0 Å². The van der Waals surface area contributed by atoms with E-state index in [0.29, 0.717) is 0 Å². The van der Waals surface area contributed by atoms with Crippen LogP contribution < -0.4 is 4.90 Å². The molecule has 0 spiro atoms. The summed E-state index contributed by atoms with van der Waals surface area (Å²) in [6, 6.07) is 74.4. The predicted molar refractivity (Wildman–Crippen MR) is 231 cm³/mol. The first-order valence-electron chi connectivity index (χ1n) is 19.4. The SMILES string of the molecule is CC1(C)c2cccc3c2-c2c1cccc2C3(c1ccccc1)c1cccc(N(c2ccc(-c3cccc4ccccc34)cc2)c2cccc3ccccc23)c1. The van der Waals surface area contributed by atoms with Gasteiger partial charge in [0, 0.05) is 22.2 Å². The van der Waals surface area contributed by atoms with Crippen molar-refractivity contribution >= 4 is 38.6 Å². The first kappa shape index (κ1) is 31.8. The molecule has 0 saturated carbocycles. The van der Waals surface area contributed by atoms with E-state index < -0.39 is 5.41 Å². The van der Waals surface area contributed by atoms with Crippen molar-refractivity contribution < 1.29 is 0 Å². The summed E-state index contributed by atoms with van der Waals surface area (Å²) in [5.74, 6) is 0. The number of hydrogen-bond acceptors (Lipinski definition) is 1. The molecule has 0 atom stereocenters. The summed E-state index contributed by atoms with van der Waals surface area (Å²) in [7, 11) is 0. The Morgan fingerprint density at radius 3 is 1.62 bits per heavy atom. The number of hydrogen-bond donors (Lipinski definition) is 0. The molecular weight excluding hydrogens is 663 g/mol. The van der Waals surface area contributed by atoms with Gasteiger partial charge in [-0.3, -0.25) is 0 Å². The lowest BCUT2D eigenvalue weighted by molar-refractivity contribution is 0.652. The molecule has 2 aliphatic rings. The van der Waals surface area contributed by atoms with Crippen LogP contribution in [0.4, 0.5) is 17.1 Å². The minimum atomic E-state index is -0.479. The summed E-state index contributed by atoms with van der Waals surface area (Å²) < 4.78 is 0. The van der Waals surface area contributed by atoms with E-state index in [0.717, 1.165) is 17.1 Å². The van der Waals surface area contributed by atoms with Crippen LogP contribution >= 0.6 is 0 Å². The summed E-state index contributed by atoms with van der Waals surface area (Å²) in [5, 5.41) is 4.96. The molecule has 0 aromatic heterocycles. The maximum atomic E-state index is 2.46. The van der Waals surface area contributed by atoms with Crippen molar-refractivity contribution in [1.82, 2.24) is 0 Å². The van der Waals surface area contributed by atoms with Crippen LogP contribution in [0.25, 0.3) is 43.8 Å². The molecule has 1 nitrogen and oxygen atoms in total. The molecule has 0 N–H and O–H groups in total. The third-order valence-corrected chi connectivity index (χ3v) is 12.5. The third-order valence-electron chi connectivity index (χ3n) is 12.5. The molecule has 0 fully saturated rings. The largest absolute Gasteiger partial charge is 0.310 e. The second-order valence-corrected chi connectivity index (χ2v) is 15.7. The molecule has 0 amide bonds. The van der Waals surface area contributed by atoms with E-state index in [1.807, 2.05) is 0 Å². The van der Waals surface area contributed by atoms with Crippen LogP contribution in [0.15, 0.2) is 200 Å². The summed E-state index contributed by atoms with van der Waals surface area (Å²) in [5.41, 5.74) is 16.3. The van der Waals surface area contributed by atoms with Gasteiger partial charge in [-0.15, -0.1) is 0 Å². The number of anilines is 3. The third kappa shape index (κ3) is 4.47. The average Bonchev–Trinajstić information content (AvgIpc) is 3.68. The molecule has 9 aromatic carbocycles. The molecular formula is C54H39N. The highest BCUT2D eigenvalue weighted by molar-refractivity contribution is 6.01. The van der Waals surface area contributed by atoms with Gasteiger partial charge in [-0.1, -0.05) is 184 Å². The van der Waals surface area contributed by atoms with Gasteiger partial charge in [-0.2, -0.15) is 0 Å². The average molecular weight is 702 g/mol. The molecule has 0 saturated heterocycles. The van der Waals surface area contributed by atoms with Gasteiger partial charge in [-0.25, -0.2) is 0 Å². The quantitative estimate of drug-likeness (QED) is 0.167. The maximum absolute atomic E-state index is 2.46. The van der Waals surface area contributed by atoms with E-state index in [1.165, 1.54) is 77.2 Å². The smallest absolute Gasteiger partial charge is 0.0714 e. The maximum Gasteiger partial charge on any atom is 0.0714 e. The Hall–Kier alpha value is -6.70. The Labute approximate surface area is 322 Å². The normalized spacial score (nSPS) is 14.3. The van der Waals surface area contributed by atoms with E-state index in [4.69, 9.17) is 0 Å². The van der Waals surface area contributed by atoms with Crippen molar-refractivity contribution in [3.05, 3.63) is 234 Å². The molecule has 260 valence electrons. The molecule has 55 heavy (non-hydrogen) atoms. The topological polar surface area (TPSA) is 3.24 Å². The number of rotatable bonds is 6. The molecule has 2 aliphatic carbocycles. The van der Waals surface area contributed by atoms with Crippen molar-refractivity contribution in [2.24, 2.45) is 0 Å². The van der Waals surface area contributed by atoms with Gasteiger partial charge in [0.1, 0.15) is 0 Å². The Bertz CT molecular complexity index is 2890. The molecule has 9 aromatic rings. The van der Waals surface area contributed by atoms with E-state index >= 15 is 0 Å². The van der Waals surface area contributed by atoms with Gasteiger partial charge in [0.25, 0.3) is 0 Å². The molecule has 0 heterocycles. The highest BCUT2D eigenvalue weighted by Crippen LogP contribution is 2.64. The van der Waals surface area contributed by atoms with Gasteiger partial charge in [0.05, 0.1) is 11.1 Å². The van der Waals surface area contributed by atoms with E-state index in [2.05, 4.69) is 219 Å². The number of benzene rings is 9. The zero-order chi connectivity index (χ0) is 36.7. The predicted octanol–water partition coefficient (Wildman–Crippen LogP) is 14.1. The van der Waals surface area contributed by atoms with Crippen molar-refractivity contribution in [2.75, 3.05) is 4.90 Å². The first-order chi connectivity index (χ1) is 27.0.